The van der Waals surface area contributed by atoms with E-state index >= 15 is 0 Å². The highest BCUT2D eigenvalue weighted by atomic mass is 19.1. The first kappa shape index (κ1) is 15.3. The first-order valence-electron chi connectivity index (χ1n) is 7.86. The minimum atomic E-state index is -0.229. The van der Waals surface area contributed by atoms with E-state index in [1.54, 1.807) is 34.0 Å². The monoisotopic (exact) mass is 337 g/mol. The number of benzene rings is 1. The van der Waals surface area contributed by atoms with Crippen LogP contribution in [0.4, 0.5) is 16.0 Å². The van der Waals surface area contributed by atoms with Crippen molar-refractivity contribution < 1.29 is 4.39 Å². The van der Waals surface area contributed by atoms with E-state index in [2.05, 4.69) is 25.5 Å². The van der Waals surface area contributed by atoms with Gasteiger partial charge in [-0.15, -0.1) is 0 Å². The summed E-state index contributed by atoms with van der Waals surface area (Å²) in [5.41, 5.74) is 2.47. The number of aryl methyl sites for hydroxylation is 3. The lowest BCUT2D eigenvalue weighted by Gasteiger charge is -2.05. The summed E-state index contributed by atoms with van der Waals surface area (Å²) in [6.07, 6.45) is 7.68. The zero-order valence-corrected chi connectivity index (χ0v) is 13.6. The van der Waals surface area contributed by atoms with Gasteiger partial charge in [-0.25, -0.2) is 14.1 Å². The van der Waals surface area contributed by atoms with Gasteiger partial charge in [-0.05, 0) is 24.1 Å². The van der Waals surface area contributed by atoms with Gasteiger partial charge >= 0.3 is 0 Å². The third kappa shape index (κ3) is 3.32. The van der Waals surface area contributed by atoms with Crippen molar-refractivity contribution in [3.63, 3.8) is 0 Å². The van der Waals surface area contributed by atoms with Gasteiger partial charge in [0.1, 0.15) is 5.82 Å². The minimum Gasteiger partial charge on any atom is -0.321 e. The summed E-state index contributed by atoms with van der Waals surface area (Å²) >= 11 is 0. The molecule has 126 valence electrons. The molecular formula is C17H16FN7. The van der Waals surface area contributed by atoms with Gasteiger partial charge in [-0.3, -0.25) is 4.68 Å². The maximum absolute atomic E-state index is 13.3. The first-order valence-corrected chi connectivity index (χ1v) is 7.86. The van der Waals surface area contributed by atoms with Crippen molar-refractivity contribution in [3.05, 3.63) is 60.4 Å². The minimum absolute atomic E-state index is 0.229. The van der Waals surface area contributed by atoms with Crippen molar-refractivity contribution in [2.45, 2.75) is 13.0 Å². The second kappa shape index (κ2) is 6.31. The number of hydrogen-bond donors (Lipinski definition) is 1. The molecule has 0 bridgehead atoms. The number of nitrogens with zero attached hydrogens (tertiary/aromatic N) is 6. The Morgan fingerprint density at radius 1 is 1.16 bits per heavy atom. The van der Waals surface area contributed by atoms with Crippen molar-refractivity contribution in [1.29, 1.82) is 0 Å². The molecule has 4 aromatic rings. The van der Waals surface area contributed by atoms with Crippen LogP contribution in [0.1, 0.15) is 5.56 Å². The predicted molar refractivity (Wildman–Crippen MR) is 91.9 cm³/mol. The van der Waals surface area contributed by atoms with Crippen molar-refractivity contribution in [1.82, 2.24) is 29.5 Å². The third-order valence-electron chi connectivity index (χ3n) is 3.84. The number of nitrogens with one attached hydrogen (secondary N) is 1. The number of fused-ring (bicyclic) bond motifs is 1. The predicted octanol–water partition coefficient (Wildman–Crippen LogP) is 2.69. The number of halogens is 1. The fraction of sp³-hybridized carbons (Fsp3) is 0.176. The Bertz CT molecular complexity index is 1020. The zero-order chi connectivity index (χ0) is 17.2. The molecule has 3 heterocycles. The Morgan fingerprint density at radius 2 is 2.08 bits per heavy atom. The fourth-order valence-corrected chi connectivity index (χ4v) is 2.63. The lowest BCUT2D eigenvalue weighted by Crippen LogP contribution is -2.05. The van der Waals surface area contributed by atoms with Crippen LogP contribution in [0.3, 0.4) is 0 Å². The SMILES string of the molecule is Cn1cc(Nc2ncc3cnn(CCc4cccc(F)c4)c3n2)cn1. The average Bonchev–Trinajstić information content (AvgIpc) is 3.19. The fourth-order valence-electron chi connectivity index (χ4n) is 2.63. The average molecular weight is 337 g/mol. The second-order valence-electron chi connectivity index (χ2n) is 5.75. The molecule has 0 saturated carbocycles. The summed E-state index contributed by atoms with van der Waals surface area (Å²) in [5, 5.41) is 12.4. The molecule has 1 N–H and O–H groups in total. The highest BCUT2D eigenvalue weighted by Crippen LogP contribution is 2.16. The number of hydrogen-bond acceptors (Lipinski definition) is 5. The highest BCUT2D eigenvalue weighted by Gasteiger charge is 2.08. The molecule has 0 unspecified atom stereocenters. The molecule has 0 aliphatic carbocycles. The number of anilines is 2. The first-order chi connectivity index (χ1) is 12.2. The standard InChI is InChI=1S/C17H16FN7/c1-24-11-15(10-20-24)22-17-19-8-13-9-21-25(16(13)23-17)6-5-12-3-2-4-14(18)7-12/h2-4,7-11H,5-6H2,1H3,(H,19,22,23). The lowest BCUT2D eigenvalue weighted by atomic mass is 10.1. The molecule has 0 spiro atoms. The van der Waals surface area contributed by atoms with Crippen LogP contribution >= 0.6 is 0 Å². The molecule has 25 heavy (non-hydrogen) atoms. The van der Waals surface area contributed by atoms with E-state index in [-0.39, 0.29) is 5.82 Å². The summed E-state index contributed by atoms with van der Waals surface area (Å²) < 4.78 is 16.8. The van der Waals surface area contributed by atoms with Gasteiger partial charge in [-0.2, -0.15) is 15.2 Å². The molecule has 1 aromatic carbocycles. The molecular weight excluding hydrogens is 321 g/mol. The van der Waals surface area contributed by atoms with Crippen LogP contribution in [0.25, 0.3) is 11.0 Å². The summed E-state index contributed by atoms with van der Waals surface area (Å²) in [5.74, 6) is 0.251. The van der Waals surface area contributed by atoms with E-state index in [1.807, 2.05) is 19.3 Å². The third-order valence-corrected chi connectivity index (χ3v) is 3.84. The van der Waals surface area contributed by atoms with Crippen LogP contribution in [-0.2, 0) is 20.0 Å². The zero-order valence-electron chi connectivity index (χ0n) is 13.6. The van der Waals surface area contributed by atoms with Gasteiger partial charge in [0, 0.05) is 26.0 Å². The Kier molecular flexibility index (Phi) is 3.85. The Morgan fingerprint density at radius 3 is 2.88 bits per heavy atom. The van der Waals surface area contributed by atoms with Gasteiger partial charge in [-0.1, -0.05) is 12.1 Å². The van der Waals surface area contributed by atoms with Crippen LogP contribution in [-0.4, -0.2) is 29.5 Å². The quantitative estimate of drug-likeness (QED) is 0.606. The van der Waals surface area contributed by atoms with Crippen molar-refractivity contribution in [3.8, 4) is 0 Å². The summed E-state index contributed by atoms with van der Waals surface area (Å²) in [6, 6.07) is 6.59. The van der Waals surface area contributed by atoms with Gasteiger partial charge in [0.05, 0.1) is 23.5 Å². The van der Waals surface area contributed by atoms with Crippen LogP contribution in [0, 0.1) is 5.82 Å². The van der Waals surface area contributed by atoms with E-state index in [0.29, 0.717) is 18.9 Å². The second-order valence-corrected chi connectivity index (χ2v) is 5.75. The molecule has 8 heteroatoms. The molecule has 0 fully saturated rings. The van der Waals surface area contributed by atoms with Gasteiger partial charge in [0.15, 0.2) is 5.65 Å². The van der Waals surface area contributed by atoms with Gasteiger partial charge in [0.2, 0.25) is 5.95 Å². The highest BCUT2D eigenvalue weighted by molar-refractivity contribution is 5.75. The smallest absolute Gasteiger partial charge is 0.229 e. The molecule has 4 rings (SSSR count). The summed E-state index contributed by atoms with van der Waals surface area (Å²) in [4.78, 5) is 8.83. The summed E-state index contributed by atoms with van der Waals surface area (Å²) in [7, 11) is 1.84. The molecule has 0 atom stereocenters. The molecule has 0 radical (unpaired) electrons. The molecule has 7 nitrogen and oxygen atoms in total. The molecule has 0 aliphatic heterocycles. The Balaban J connectivity index is 1.56. The lowest BCUT2D eigenvalue weighted by molar-refractivity contribution is 0.611. The largest absolute Gasteiger partial charge is 0.321 e. The van der Waals surface area contributed by atoms with E-state index in [9.17, 15) is 4.39 Å². The van der Waals surface area contributed by atoms with Crippen LogP contribution < -0.4 is 5.32 Å². The normalized spacial score (nSPS) is 11.1. The van der Waals surface area contributed by atoms with Crippen molar-refractivity contribution >= 4 is 22.7 Å². The van der Waals surface area contributed by atoms with E-state index in [4.69, 9.17) is 0 Å². The van der Waals surface area contributed by atoms with E-state index < -0.39 is 0 Å². The molecule has 0 amide bonds. The van der Waals surface area contributed by atoms with E-state index in [0.717, 1.165) is 22.3 Å². The molecule has 3 aromatic heterocycles. The van der Waals surface area contributed by atoms with Gasteiger partial charge < -0.3 is 5.32 Å². The maximum atomic E-state index is 13.3. The topological polar surface area (TPSA) is 73.5 Å². The van der Waals surface area contributed by atoms with Crippen LogP contribution in [0.15, 0.2) is 49.1 Å². The molecule has 0 aliphatic rings. The van der Waals surface area contributed by atoms with Gasteiger partial charge in [0.25, 0.3) is 0 Å². The molecule has 0 saturated heterocycles. The van der Waals surface area contributed by atoms with Crippen LogP contribution in [0.5, 0.6) is 0 Å². The van der Waals surface area contributed by atoms with Crippen molar-refractivity contribution in [2.75, 3.05) is 5.32 Å². The summed E-state index contributed by atoms with van der Waals surface area (Å²) in [6.45, 7) is 0.607. The Hall–Kier alpha value is -3.29. The van der Waals surface area contributed by atoms with Crippen LogP contribution in [0.2, 0.25) is 0 Å². The van der Waals surface area contributed by atoms with Crippen molar-refractivity contribution in [2.24, 2.45) is 7.05 Å². The number of aromatic nitrogens is 6. The Labute approximate surface area is 143 Å². The van der Waals surface area contributed by atoms with E-state index in [1.165, 1.54) is 12.1 Å². The maximum Gasteiger partial charge on any atom is 0.229 e. The number of rotatable bonds is 5.